The highest BCUT2D eigenvalue weighted by Gasteiger charge is 2.32. The van der Waals surface area contributed by atoms with Crippen LogP contribution in [0.5, 0.6) is 5.75 Å². The van der Waals surface area contributed by atoms with E-state index in [-0.39, 0.29) is 22.0 Å². The monoisotopic (exact) mass is 523 g/mol. The summed E-state index contributed by atoms with van der Waals surface area (Å²) in [4.78, 5) is 22.8. The van der Waals surface area contributed by atoms with Crippen LogP contribution in [-0.4, -0.2) is 46.8 Å². The molecule has 1 aliphatic heterocycles. The van der Waals surface area contributed by atoms with E-state index in [1.54, 1.807) is 6.08 Å². The van der Waals surface area contributed by atoms with Gasteiger partial charge in [-0.05, 0) is 50.2 Å². The second-order valence-corrected chi connectivity index (χ2v) is 8.55. The van der Waals surface area contributed by atoms with Crippen molar-refractivity contribution in [3.63, 3.8) is 0 Å². The average Bonchev–Trinajstić information content (AvgIpc) is 2.82. The number of alkyl halides is 3. The van der Waals surface area contributed by atoms with Gasteiger partial charge in [0, 0.05) is 29.8 Å². The minimum atomic E-state index is -4.99. The number of nitrogens with one attached hydrogen (secondary N) is 2. The van der Waals surface area contributed by atoms with Crippen LogP contribution in [0.2, 0.25) is 5.02 Å². The normalized spacial score (nSPS) is 14.8. The topological polar surface area (TPSA) is 79.4 Å². The maximum absolute atomic E-state index is 13.5. The van der Waals surface area contributed by atoms with Gasteiger partial charge in [0.15, 0.2) is 5.75 Å². The Hall–Kier alpha value is -3.44. The zero-order valence-electron chi connectivity index (χ0n) is 18.9. The lowest BCUT2D eigenvalue weighted by molar-refractivity contribution is -0.274. The zero-order chi connectivity index (χ0) is 25.7. The predicted octanol–water partition coefficient (Wildman–Crippen LogP) is 6.05. The van der Waals surface area contributed by atoms with Crippen molar-refractivity contribution in [3.05, 3.63) is 59.7 Å². The number of piperidine rings is 1. The third kappa shape index (κ3) is 6.82. The molecule has 2 N–H and O–H groups in total. The molecule has 12 heteroatoms. The first-order valence-corrected chi connectivity index (χ1v) is 11.5. The van der Waals surface area contributed by atoms with E-state index >= 15 is 0 Å². The smallest absolute Gasteiger partial charge is 0.403 e. The minimum Gasteiger partial charge on any atom is -0.403 e. The van der Waals surface area contributed by atoms with E-state index in [2.05, 4.69) is 30.2 Å². The number of amides is 1. The Morgan fingerprint density at radius 3 is 2.64 bits per heavy atom. The van der Waals surface area contributed by atoms with Gasteiger partial charge in [0.1, 0.15) is 18.0 Å². The fraction of sp³-hybridized carbons (Fsp3) is 0.292. The minimum absolute atomic E-state index is 0.122. The van der Waals surface area contributed by atoms with Crippen LogP contribution in [0.1, 0.15) is 19.3 Å². The van der Waals surface area contributed by atoms with E-state index < -0.39 is 23.8 Å². The molecule has 0 spiro atoms. The van der Waals surface area contributed by atoms with Crippen molar-refractivity contribution in [2.75, 3.05) is 30.3 Å². The molecule has 1 saturated heterocycles. The van der Waals surface area contributed by atoms with Gasteiger partial charge in [0.2, 0.25) is 5.91 Å². The SMILES string of the molecule is O=C(C=CCN1CCCCC1)Nc1cc2c(Nc3ccc(F)c(Cl)c3)ncnc2cc1OC(F)(F)F. The van der Waals surface area contributed by atoms with Crippen molar-refractivity contribution in [3.8, 4) is 5.75 Å². The van der Waals surface area contributed by atoms with E-state index in [0.29, 0.717) is 17.6 Å². The molecule has 1 aromatic heterocycles. The molecule has 3 aromatic rings. The fourth-order valence-electron chi connectivity index (χ4n) is 3.83. The molecule has 190 valence electrons. The van der Waals surface area contributed by atoms with Gasteiger partial charge in [-0.2, -0.15) is 0 Å². The number of hydrogen-bond donors (Lipinski definition) is 2. The number of carbonyl (C=O) groups is 1. The summed E-state index contributed by atoms with van der Waals surface area (Å²) < 4.78 is 56.8. The molecule has 1 amide bonds. The number of halogens is 5. The lowest BCUT2D eigenvalue weighted by Crippen LogP contribution is -2.29. The number of benzene rings is 2. The van der Waals surface area contributed by atoms with E-state index in [9.17, 15) is 22.4 Å². The van der Waals surface area contributed by atoms with Crippen LogP contribution < -0.4 is 15.4 Å². The van der Waals surface area contributed by atoms with Crippen molar-refractivity contribution in [2.45, 2.75) is 25.6 Å². The van der Waals surface area contributed by atoms with Gasteiger partial charge in [-0.3, -0.25) is 9.69 Å². The standard InChI is InChI=1S/C24H22ClF4N5O2/c25-17-11-15(6-7-18(17)26)32-23-16-12-20(21(36-24(27,28)29)13-19(16)30-14-31-23)33-22(35)5-4-10-34-8-2-1-3-9-34/h4-7,11-14H,1-3,8-10H2,(H,33,35)(H,30,31,32). The van der Waals surface area contributed by atoms with Crippen LogP contribution in [0.3, 0.4) is 0 Å². The van der Waals surface area contributed by atoms with Gasteiger partial charge >= 0.3 is 6.36 Å². The van der Waals surface area contributed by atoms with Crippen LogP contribution in [-0.2, 0) is 4.79 Å². The van der Waals surface area contributed by atoms with Gasteiger partial charge in [-0.25, -0.2) is 14.4 Å². The fourth-order valence-corrected chi connectivity index (χ4v) is 4.01. The van der Waals surface area contributed by atoms with Gasteiger partial charge in [-0.1, -0.05) is 24.1 Å². The Kier molecular flexibility index (Phi) is 7.90. The molecule has 0 bridgehead atoms. The van der Waals surface area contributed by atoms with E-state index in [0.717, 1.165) is 44.4 Å². The highest BCUT2D eigenvalue weighted by atomic mass is 35.5. The molecule has 0 saturated carbocycles. The summed E-state index contributed by atoms with van der Waals surface area (Å²) in [6.07, 6.45) is 2.47. The number of anilines is 3. The first-order valence-electron chi connectivity index (χ1n) is 11.1. The van der Waals surface area contributed by atoms with Crippen LogP contribution >= 0.6 is 11.6 Å². The quantitative estimate of drug-likeness (QED) is 0.290. The average molecular weight is 524 g/mol. The maximum Gasteiger partial charge on any atom is 0.573 e. The third-order valence-corrected chi connectivity index (χ3v) is 5.77. The summed E-state index contributed by atoms with van der Waals surface area (Å²) in [5, 5.41) is 5.55. The Balaban J connectivity index is 1.61. The third-order valence-electron chi connectivity index (χ3n) is 5.48. The van der Waals surface area contributed by atoms with Gasteiger partial charge in [-0.15, -0.1) is 13.2 Å². The Morgan fingerprint density at radius 1 is 1.14 bits per heavy atom. The lowest BCUT2D eigenvalue weighted by Gasteiger charge is -2.24. The summed E-state index contributed by atoms with van der Waals surface area (Å²) in [7, 11) is 0. The van der Waals surface area contributed by atoms with E-state index in [4.69, 9.17) is 11.6 Å². The Labute approximate surface area is 209 Å². The summed E-state index contributed by atoms with van der Waals surface area (Å²) >= 11 is 5.83. The molecular formula is C24H22ClF4N5O2. The zero-order valence-corrected chi connectivity index (χ0v) is 19.7. The molecule has 0 radical (unpaired) electrons. The van der Waals surface area contributed by atoms with E-state index in [1.807, 2.05) is 0 Å². The number of likely N-dealkylation sites (tertiary alicyclic amines) is 1. The van der Waals surface area contributed by atoms with Crippen LogP contribution in [0.4, 0.5) is 34.8 Å². The van der Waals surface area contributed by atoms with Gasteiger partial charge in [0.25, 0.3) is 0 Å². The van der Waals surface area contributed by atoms with E-state index in [1.165, 1.54) is 30.7 Å². The van der Waals surface area contributed by atoms with Crippen molar-refractivity contribution < 1.29 is 27.1 Å². The molecule has 36 heavy (non-hydrogen) atoms. The predicted molar refractivity (Wildman–Crippen MR) is 129 cm³/mol. The van der Waals surface area contributed by atoms with Crippen molar-refractivity contribution in [2.24, 2.45) is 0 Å². The molecule has 1 fully saturated rings. The summed E-state index contributed by atoms with van der Waals surface area (Å²) in [6.45, 7) is 2.45. The number of hydrogen-bond acceptors (Lipinski definition) is 6. The molecule has 2 heterocycles. The molecule has 4 rings (SSSR count). The second kappa shape index (κ2) is 11.1. The Morgan fingerprint density at radius 2 is 1.92 bits per heavy atom. The summed E-state index contributed by atoms with van der Waals surface area (Å²) in [5.41, 5.74) is 0.296. The molecule has 0 aliphatic carbocycles. The molecular weight excluding hydrogens is 502 g/mol. The van der Waals surface area contributed by atoms with Gasteiger partial charge < -0.3 is 15.4 Å². The number of carbonyl (C=O) groups excluding carboxylic acids is 1. The first-order chi connectivity index (χ1) is 17.2. The highest BCUT2D eigenvalue weighted by molar-refractivity contribution is 6.31. The molecule has 1 aliphatic rings. The van der Waals surface area contributed by atoms with Crippen LogP contribution in [0.25, 0.3) is 10.9 Å². The largest absolute Gasteiger partial charge is 0.573 e. The van der Waals surface area contributed by atoms with Gasteiger partial charge in [0.05, 0.1) is 16.2 Å². The van der Waals surface area contributed by atoms with Crippen molar-refractivity contribution in [1.29, 1.82) is 0 Å². The number of ether oxygens (including phenoxy) is 1. The second-order valence-electron chi connectivity index (χ2n) is 8.14. The molecule has 2 aromatic carbocycles. The number of rotatable bonds is 7. The first kappa shape index (κ1) is 25.6. The van der Waals surface area contributed by atoms with Crippen molar-refractivity contribution >= 4 is 45.6 Å². The van der Waals surface area contributed by atoms with Crippen LogP contribution in [0, 0.1) is 5.82 Å². The number of nitrogens with zero attached hydrogens (tertiary/aromatic N) is 3. The number of fused-ring (bicyclic) bond motifs is 1. The molecule has 0 unspecified atom stereocenters. The maximum atomic E-state index is 13.5. The molecule has 0 atom stereocenters. The number of aromatic nitrogens is 2. The summed E-state index contributed by atoms with van der Waals surface area (Å²) in [6, 6.07) is 6.25. The molecule has 7 nitrogen and oxygen atoms in total. The highest BCUT2D eigenvalue weighted by Crippen LogP contribution is 2.36. The van der Waals surface area contributed by atoms with Crippen LogP contribution in [0.15, 0.2) is 48.8 Å². The van der Waals surface area contributed by atoms with Crippen molar-refractivity contribution in [1.82, 2.24) is 14.9 Å². The lowest BCUT2D eigenvalue weighted by atomic mass is 10.1. The Bertz CT molecular complexity index is 1280. The summed E-state index contributed by atoms with van der Waals surface area (Å²) in [5.74, 6) is -1.64.